The first-order chi connectivity index (χ1) is 15.5. The van der Waals surface area contributed by atoms with E-state index in [1.807, 2.05) is 60.3 Å². The quantitative estimate of drug-likeness (QED) is 0.448. The van der Waals surface area contributed by atoms with Gasteiger partial charge in [-0.2, -0.15) is 5.10 Å². The van der Waals surface area contributed by atoms with E-state index < -0.39 is 0 Å². The molecule has 32 heavy (non-hydrogen) atoms. The molecule has 0 aliphatic carbocycles. The van der Waals surface area contributed by atoms with Crippen LogP contribution in [0.15, 0.2) is 73.2 Å². The highest BCUT2D eigenvalue weighted by Gasteiger charge is 2.34. The third kappa shape index (κ3) is 3.47. The predicted octanol–water partition coefficient (Wildman–Crippen LogP) is 5.10. The number of aromatic nitrogens is 4. The first-order valence-corrected chi connectivity index (χ1v) is 10.9. The number of amides is 1. The second-order valence-electron chi connectivity index (χ2n) is 8.44. The van der Waals surface area contributed by atoms with Gasteiger partial charge in [0.15, 0.2) is 5.82 Å². The van der Waals surface area contributed by atoms with Crippen LogP contribution in [0.3, 0.4) is 0 Å². The molecule has 0 unspecified atom stereocenters. The Labute approximate surface area is 187 Å². The maximum absolute atomic E-state index is 13.0. The lowest BCUT2D eigenvalue weighted by Crippen LogP contribution is -2.30. The molecular formula is C26H25N5O. The zero-order valence-electron chi connectivity index (χ0n) is 18.4. The van der Waals surface area contributed by atoms with E-state index in [1.54, 1.807) is 17.3 Å². The second-order valence-corrected chi connectivity index (χ2v) is 8.44. The van der Waals surface area contributed by atoms with Gasteiger partial charge in [0, 0.05) is 29.7 Å². The van der Waals surface area contributed by atoms with Gasteiger partial charge in [-0.1, -0.05) is 50.2 Å². The van der Waals surface area contributed by atoms with Crippen molar-refractivity contribution >= 4 is 11.7 Å². The molecule has 1 amide bonds. The van der Waals surface area contributed by atoms with Crippen molar-refractivity contribution in [2.75, 3.05) is 4.90 Å². The first-order valence-electron chi connectivity index (χ1n) is 10.9. The lowest BCUT2D eigenvalue weighted by Gasteiger charge is -2.25. The molecule has 160 valence electrons. The van der Waals surface area contributed by atoms with E-state index in [-0.39, 0.29) is 11.9 Å². The predicted molar refractivity (Wildman–Crippen MR) is 125 cm³/mol. The summed E-state index contributed by atoms with van der Waals surface area (Å²) in [5, 5.41) is 4.27. The molecule has 2 aromatic carbocycles. The van der Waals surface area contributed by atoms with E-state index in [0.717, 1.165) is 22.4 Å². The average Bonchev–Trinajstić information content (AvgIpc) is 3.46. The number of hydrogen-bond donors (Lipinski definition) is 0. The lowest BCUT2D eigenvalue weighted by molar-refractivity contribution is -0.117. The normalized spacial score (nSPS) is 14.1. The number of hydrogen-bond acceptors (Lipinski definition) is 4. The second kappa shape index (κ2) is 8.04. The molecule has 6 heteroatoms. The van der Waals surface area contributed by atoms with Crippen LogP contribution < -0.4 is 4.90 Å². The van der Waals surface area contributed by atoms with Crippen LogP contribution in [-0.2, 0) is 11.2 Å². The van der Waals surface area contributed by atoms with E-state index in [9.17, 15) is 4.79 Å². The summed E-state index contributed by atoms with van der Waals surface area (Å²) in [7, 11) is 0. The summed E-state index contributed by atoms with van der Waals surface area (Å²) in [6.45, 7) is 6.37. The number of fused-ring (bicyclic) bond motifs is 1. The first kappa shape index (κ1) is 20.1. The minimum atomic E-state index is -0.140. The van der Waals surface area contributed by atoms with Crippen molar-refractivity contribution in [1.82, 2.24) is 19.7 Å². The van der Waals surface area contributed by atoms with E-state index in [4.69, 9.17) is 4.98 Å². The van der Waals surface area contributed by atoms with Gasteiger partial charge in [0.25, 0.3) is 0 Å². The van der Waals surface area contributed by atoms with Gasteiger partial charge in [-0.05, 0) is 42.2 Å². The molecule has 0 fully saturated rings. The van der Waals surface area contributed by atoms with E-state index in [2.05, 4.69) is 36.1 Å². The molecule has 4 aromatic rings. The Bertz CT molecular complexity index is 1260. The monoisotopic (exact) mass is 423 g/mol. The fourth-order valence-corrected chi connectivity index (χ4v) is 4.31. The third-order valence-electron chi connectivity index (χ3n) is 6.04. The molecule has 2 aromatic heterocycles. The molecule has 1 atom stereocenters. The molecule has 1 aliphatic heterocycles. The van der Waals surface area contributed by atoms with Crippen LogP contribution >= 0.6 is 0 Å². The van der Waals surface area contributed by atoms with Crippen molar-refractivity contribution in [3.05, 3.63) is 89.9 Å². The minimum absolute atomic E-state index is 0.0484. The molecule has 0 N–H and O–H groups in total. The summed E-state index contributed by atoms with van der Waals surface area (Å²) in [4.78, 5) is 24.3. The van der Waals surface area contributed by atoms with Gasteiger partial charge in [-0.15, -0.1) is 0 Å². The molecule has 0 saturated carbocycles. The Morgan fingerprint density at radius 2 is 1.75 bits per heavy atom. The summed E-state index contributed by atoms with van der Waals surface area (Å²) in [6.07, 6.45) is 5.80. The van der Waals surface area contributed by atoms with Crippen LogP contribution in [0, 0.1) is 0 Å². The third-order valence-corrected chi connectivity index (χ3v) is 6.04. The average molecular weight is 424 g/mol. The molecule has 3 heterocycles. The zero-order chi connectivity index (χ0) is 22.2. The molecule has 0 bridgehead atoms. The van der Waals surface area contributed by atoms with Crippen LogP contribution in [0.2, 0.25) is 0 Å². The molecule has 5 rings (SSSR count). The zero-order valence-corrected chi connectivity index (χ0v) is 18.4. The van der Waals surface area contributed by atoms with Crippen LogP contribution in [0.1, 0.15) is 49.4 Å². The van der Waals surface area contributed by atoms with Crippen molar-refractivity contribution in [3.8, 4) is 17.1 Å². The number of benzene rings is 2. The standard InChI is InChI=1S/C26H25N5O/c1-17(2)22-7-4-5-8-23(22)25-27-16-20-15-24(32)31(26(20)29-25)18(3)19-9-11-21(12-10-19)30-14-6-13-28-30/h4-14,16-18H,15H2,1-3H3/t18-/m0/s1. The van der Waals surface area contributed by atoms with Crippen molar-refractivity contribution in [1.29, 1.82) is 0 Å². The highest BCUT2D eigenvalue weighted by molar-refractivity contribution is 6.01. The van der Waals surface area contributed by atoms with Crippen molar-refractivity contribution in [3.63, 3.8) is 0 Å². The topological polar surface area (TPSA) is 63.9 Å². The SMILES string of the molecule is CC(C)c1ccccc1-c1ncc2c(n1)N([C@@H](C)c1ccc(-n3cccn3)cc1)C(=O)C2. The van der Waals surface area contributed by atoms with Gasteiger partial charge in [-0.3, -0.25) is 9.69 Å². The maximum atomic E-state index is 13.0. The number of carbonyl (C=O) groups excluding carboxylic acids is 1. The Hall–Kier alpha value is -3.80. The Balaban J connectivity index is 1.50. The smallest absolute Gasteiger partial charge is 0.233 e. The van der Waals surface area contributed by atoms with Gasteiger partial charge in [0.2, 0.25) is 5.91 Å². The highest BCUT2D eigenvalue weighted by Crippen LogP contribution is 2.36. The van der Waals surface area contributed by atoms with Crippen molar-refractivity contribution < 1.29 is 4.79 Å². The van der Waals surface area contributed by atoms with Crippen LogP contribution in [0.5, 0.6) is 0 Å². The summed E-state index contributed by atoms with van der Waals surface area (Å²) in [5.74, 6) is 1.77. The van der Waals surface area contributed by atoms with Gasteiger partial charge in [0.1, 0.15) is 5.82 Å². The molecule has 0 radical (unpaired) electrons. The number of rotatable bonds is 5. The highest BCUT2D eigenvalue weighted by atomic mass is 16.2. The Kier molecular flexibility index (Phi) is 5.05. The van der Waals surface area contributed by atoms with Crippen LogP contribution in [0.4, 0.5) is 5.82 Å². The van der Waals surface area contributed by atoms with Gasteiger partial charge >= 0.3 is 0 Å². The largest absolute Gasteiger partial charge is 0.289 e. The van der Waals surface area contributed by atoms with Crippen molar-refractivity contribution in [2.45, 2.75) is 39.2 Å². The fraction of sp³-hybridized carbons (Fsp3) is 0.231. The summed E-state index contributed by atoms with van der Waals surface area (Å²) < 4.78 is 1.82. The van der Waals surface area contributed by atoms with Gasteiger partial charge in [-0.25, -0.2) is 14.6 Å². The summed E-state index contributed by atoms with van der Waals surface area (Å²) >= 11 is 0. The van der Waals surface area contributed by atoms with Crippen LogP contribution in [0.25, 0.3) is 17.1 Å². The van der Waals surface area contributed by atoms with E-state index in [1.165, 1.54) is 5.56 Å². The van der Waals surface area contributed by atoms with E-state index >= 15 is 0 Å². The van der Waals surface area contributed by atoms with Crippen LogP contribution in [-0.4, -0.2) is 25.7 Å². The van der Waals surface area contributed by atoms with Gasteiger partial charge < -0.3 is 0 Å². The van der Waals surface area contributed by atoms with E-state index in [0.29, 0.717) is 24.0 Å². The number of carbonyl (C=O) groups is 1. The molecule has 0 saturated heterocycles. The Morgan fingerprint density at radius 3 is 2.47 bits per heavy atom. The maximum Gasteiger partial charge on any atom is 0.233 e. The summed E-state index contributed by atoms with van der Waals surface area (Å²) in [6, 6.07) is 18.1. The number of nitrogens with zero attached hydrogens (tertiary/aromatic N) is 5. The lowest BCUT2D eigenvalue weighted by atomic mass is 9.97. The minimum Gasteiger partial charge on any atom is -0.289 e. The van der Waals surface area contributed by atoms with Gasteiger partial charge in [0.05, 0.1) is 18.2 Å². The molecule has 6 nitrogen and oxygen atoms in total. The Morgan fingerprint density at radius 1 is 0.969 bits per heavy atom. The summed E-state index contributed by atoms with van der Waals surface area (Å²) in [5.41, 5.74) is 5.12. The molecule has 1 aliphatic rings. The molecular weight excluding hydrogens is 398 g/mol. The molecule has 0 spiro atoms. The number of anilines is 1. The fourth-order valence-electron chi connectivity index (χ4n) is 4.31. The van der Waals surface area contributed by atoms with Crippen molar-refractivity contribution in [2.24, 2.45) is 0 Å².